The molecular formula is C17H14F4N2O. The number of rotatable bonds is 4. The first-order chi connectivity index (χ1) is 11.4. The first kappa shape index (κ1) is 16.4. The van der Waals surface area contributed by atoms with Crippen molar-refractivity contribution in [3.63, 3.8) is 0 Å². The lowest BCUT2D eigenvalue weighted by Gasteiger charge is -2.17. The van der Waals surface area contributed by atoms with Crippen molar-refractivity contribution in [3.05, 3.63) is 65.5 Å². The maximum Gasteiger partial charge on any atom is 0.422 e. The minimum atomic E-state index is -4.37. The zero-order valence-corrected chi connectivity index (χ0v) is 12.5. The van der Waals surface area contributed by atoms with Gasteiger partial charge in [-0.05, 0) is 35.4 Å². The highest BCUT2D eigenvalue weighted by Gasteiger charge is 2.30. The molecule has 0 saturated heterocycles. The molecule has 0 N–H and O–H groups in total. The Kier molecular flexibility index (Phi) is 4.51. The van der Waals surface area contributed by atoms with Crippen molar-refractivity contribution in [2.45, 2.75) is 18.1 Å². The van der Waals surface area contributed by atoms with E-state index in [1.165, 1.54) is 24.3 Å². The average Bonchev–Trinajstić information content (AvgIpc) is 3.03. The molecule has 1 aliphatic rings. The summed E-state index contributed by atoms with van der Waals surface area (Å²) >= 11 is 0. The molecule has 24 heavy (non-hydrogen) atoms. The van der Waals surface area contributed by atoms with Crippen LogP contribution in [-0.2, 0) is 0 Å². The minimum absolute atomic E-state index is 0.0208. The Morgan fingerprint density at radius 1 is 0.958 bits per heavy atom. The van der Waals surface area contributed by atoms with E-state index in [2.05, 4.69) is 10.2 Å². The largest absolute Gasteiger partial charge is 0.484 e. The Labute approximate surface area is 136 Å². The Hall–Kier alpha value is -2.44. The minimum Gasteiger partial charge on any atom is -0.484 e. The molecule has 2 atom stereocenters. The van der Waals surface area contributed by atoms with Crippen molar-refractivity contribution in [1.29, 1.82) is 0 Å². The van der Waals surface area contributed by atoms with Gasteiger partial charge < -0.3 is 4.74 Å². The van der Waals surface area contributed by atoms with Crippen LogP contribution >= 0.6 is 0 Å². The lowest BCUT2D eigenvalue weighted by molar-refractivity contribution is -0.153. The quantitative estimate of drug-likeness (QED) is 0.718. The van der Waals surface area contributed by atoms with E-state index >= 15 is 0 Å². The normalized spacial score (nSPS) is 20.3. The van der Waals surface area contributed by atoms with Crippen molar-refractivity contribution >= 4 is 0 Å². The van der Waals surface area contributed by atoms with E-state index in [0.717, 1.165) is 11.1 Å². The lowest BCUT2D eigenvalue weighted by Crippen LogP contribution is -2.19. The van der Waals surface area contributed by atoms with Gasteiger partial charge in [0.25, 0.3) is 0 Å². The second-order valence-electron chi connectivity index (χ2n) is 5.52. The van der Waals surface area contributed by atoms with Crippen LogP contribution < -0.4 is 4.74 Å². The molecule has 0 saturated carbocycles. The van der Waals surface area contributed by atoms with Gasteiger partial charge >= 0.3 is 6.18 Å². The predicted octanol–water partition coefficient (Wildman–Crippen LogP) is 5.06. The van der Waals surface area contributed by atoms with E-state index < -0.39 is 12.8 Å². The van der Waals surface area contributed by atoms with Gasteiger partial charge in [0.05, 0.1) is 6.54 Å². The lowest BCUT2D eigenvalue weighted by atomic mass is 9.88. The topological polar surface area (TPSA) is 34.0 Å². The van der Waals surface area contributed by atoms with Gasteiger partial charge in [0.2, 0.25) is 0 Å². The predicted molar refractivity (Wildman–Crippen MR) is 79.6 cm³/mol. The maximum atomic E-state index is 13.1. The van der Waals surface area contributed by atoms with Crippen LogP contribution in [0, 0.1) is 5.82 Å². The SMILES string of the molecule is Fc1ccc(C2CN=NC2c2ccc(OCC(F)(F)F)cc2)cc1. The number of hydrogen-bond acceptors (Lipinski definition) is 3. The van der Waals surface area contributed by atoms with Crippen LogP contribution in [0.1, 0.15) is 23.1 Å². The van der Waals surface area contributed by atoms with Gasteiger partial charge in [-0.3, -0.25) is 0 Å². The van der Waals surface area contributed by atoms with E-state index in [4.69, 9.17) is 4.74 Å². The summed E-state index contributed by atoms with van der Waals surface area (Å²) in [5.74, 6) is -0.190. The van der Waals surface area contributed by atoms with E-state index in [0.29, 0.717) is 6.54 Å². The van der Waals surface area contributed by atoms with Gasteiger partial charge in [-0.2, -0.15) is 23.4 Å². The molecule has 0 spiro atoms. The molecule has 1 heterocycles. The van der Waals surface area contributed by atoms with E-state index in [-0.39, 0.29) is 23.5 Å². The number of nitrogens with zero attached hydrogens (tertiary/aromatic N) is 2. The summed E-state index contributed by atoms with van der Waals surface area (Å²) in [6.45, 7) is -0.837. The Morgan fingerprint density at radius 2 is 1.58 bits per heavy atom. The number of alkyl halides is 3. The molecule has 1 aliphatic heterocycles. The zero-order chi connectivity index (χ0) is 17.2. The number of ether oxygens (including phenoxy) is 1. The zero-order valence-electron chi connectivity index (χ0n) is 12.5. The van der Waals surface area contributed by atoms with Gasteiger partial charge in [0.15, 0.2) is 6.61 Å². The van der Waals surface area contributed by atoms with Crippen molar-refractivity contribution < 1.29 is 22.3 Å². The molecule has 2 aromatic carbocycles. The van der Waals surface area contributed by atoms with Crippen LogP contribution in [0.25, 0.3) is 0 Å². The fourth-order valence-corrected chi connectivity index (χ4v) is 2.63. The van der Waals surface area contributed by atoms with Gasteiger partial charge in [-0.1, -0.05) is 24.3 Å². The maximum absolute atomic E-state index is 13.1. The van der Waals surface area contributed by atoms with E-state index in [1.54, 1.807) is 24.3 Å². The van der Waals surface area contributed by atoms with Crippen molar-refractivity contribution in [1.82, 2.24) is 0 Å². The number of benzene rings is 2. The van der Waals surface area contributed by atoms with E-state index in [1.807, 2.05) is 0 Å². The van der Waals surface area contributed by atoms with Crippen molar-refractivity contribution in [2.75, 3.05) is 13.2 Å². The van der Waals surface area contributed by atoms with Crippen LogP contribution in [0.2, 0.25) is 0 Å². The Balaban J connectivity index is 1.73. The molecule has 0 aromatic heterocycles. The summed E-state index contributed by atoms with van der Waals surface area (Å²) in [7, 11) is 0. The van der Waals surface area contributed by atoms with Crippen LogP contribution in [0.3, 0.4) is 0 Å². The van der Waals surface area contributed by atoms with Gasteiger partial charge in [-0.15, -0.1) is 0 Å². The molecule has 0 fully saturated rings. The van der Waals surface area contributed by atoms with Crippen LogP contribution in [-0.4, -0.2) is 19.3 Å². The van der Waals surface area contributed by atoms with Crippen LogP contribution in [0.5, 0.6) is 5.75 Å². The fourth-order valence-electron chi connectivity index (χ4n) is 2.63. The molecule has 126 valence electrons. The van der Waals surface area contributed by atoms with Gasteiger partial charge in [0.1, 0.15) is 17.6 Å². The smallest absolute Gasteiger partial charge is 0.422 e. The molecule has 0 bridgehead atoms. The molecule has 7 heteroatoms. The molecule has 0 aliphatic carbocycles. The van der Waals surface area contributed by atoms with Crippen molar-refractivity contribution in [2.24, 2.45) is 10.2 Å². The molecule has 3 nitrogen and oxygen atoms in total. The summed E-state index contributed by atoms with van der Waals surface area (Å²) in [6, 6.07) is 12.3. The molecule has 2 unspecified atom stereocenters. The summed E-state index contributed by atoms with van der Waals surface area (Å²) in [4.78, 5) is 0. The first-order valence-corrected chi connectivity index (χ1v) is 7.34. The van der Waals surface area contributed by atoms with Crippen LogP contribution in [0.4, 0.5) is 17.6 Å². The second kappa shape index (κ2) is 6.59. The summed E-state index contributed by atoms with van der Waals surface area (Å²) in [5, 5.41) is 8.28. The Morgan fingerprint density at radius 3 is 2.21 bits per heavy atom. The molecule has 0 amide bonds. The summed E-state index contributed by atoms with van der Waals surface area (Å²) in [6.07, 6.45) is -4.37. The third-order valence-corrected chi connectivity index (χ3v) is 3.79. The van der Waals surface area contributed by atoms with E-state index in [9.17, 15) is 17.6 Å². The van der Waals surface area contributed by atoms with Crippen LogP contribution in [0.15, 0.2) is 58.8 Å². The summed E-state index contributed by atoms with van der Waals surface area (Å²) in [5.41, 5.74) is 1.74. The summed E-state index contributed by atoms with van der Waals surface area (Å²) < 4.78 is 54.2. The number of azo groups is 1. The highest BCUT2D eigenvalue weighted by atomic mass is 19.4. The number of halogens is 4. The van der Waals surface area contributed by atoms with Crippen molar-refractivity contribution in [3.8, 4) is 5.75 Å². The number of hydrogen-bond donors (Lipinski definition) is 0. The monoisotopic (exact) mass is 338 g/mol. The standard InChI is InChI=1S/C17H14F4N2O/c18-13-5-1-11(2-6-13)15-9-22-23-16(15)12-3-7-14(8-4-12)24-10-17(19,20)21/h1-8,15-16H,9-10H2. The highest BCUT2D eigenvalue weighted by Crippen LogP contribution is 2.39. The molecule has 2 aromatic rings. The Bertz CT molecular complexity index is 711. The highest BCUT2D eigenvalue weighted by molar-refractivity contribution is 5.33. The third kappa shape index (κ3) is 3.90. The first-order valence-electron chi connectivity index (χ1n) is 7.34. The fraction of sp³-hybridized carbons (Fsp3) is 0.294. The van der Waals surface area contributed by atoms with Gasteiger partial charge in [-0.25, -0.2) is 4.39 Å². The second-order valence-corrected chi connectivity index (χ2v) is 5.52. The molecular weight excluding hydrogens is 324 g/mol. The van der Waals surface area contributed by atoms with Gasteiger partial charge in [0, 0.05) is 5.92 Å². The molecule has 3 rings (SSSR count). The third-order valence-electron chi connectivity index (χ3n) is 3.79. The molecule has 0 radical (unpaired) electrons. The average molecular weight is 338 g/mol.